The van der Waals surface area contributed by atoms with Crippen LogP contribution in [0.15, 0.2) is 12.7 Å². The quantitative estimate of drug-likeness (QED) is 0.0460. The summed E-state index contributed by atoms with van der Waals surface area (Å²) in [6.45, 7) is 2.44. The van der Waals surface area contributed by atoms with Gasteiger partial charge in [0.2, 0.25) is 11.8 Å². The van der Waals surface area contributed by atoms with Gasteiger partial charge < -0.3 is 64.5 Å². The molecule has 0 aromatic carbocycles. The molecule has 2 aromatic rings. The first-order valence-corrected chi connectivity index (χ1v) is 26.0. The molecule has 1 fully saturated rings. The number of carbonyl (C=O) groups excluding carboxylic acids is 3. The van der Waals surface area contributed by atoms with Crippen LogP contribution in [0, 0.1) is 5.41 Å². The molecule has 24 nitrogen and oxygen atoms in total. The zero-order valence-corrected chi connectivity index (χ0v) is 38.9. The van der Waals surface area contributed by atoms with Crippen molar-refractivity contribution >= 4 is 69.1 Å². The number of nitrogens with two attached hydrogens (primary N) is 1. The molecule has 1 saturated heterocycles. The van der Waals surface area contributed by atoms with Crippen LogP contribution in [0.25, 0.3) is 11.2 Å². The topological polar surface area (TPSA) is 372 Å². The number of aliphatic hydroxyl groups excluding tert-OH is 2. The summed E-state index contributed by atoms with van der Waals surface area (Å²) in [7, 11) is -17.3. The zero-order valence-electron chi connectivity index (χ0n) is 35.4. The van der Waals surface area contributed by atoms with E-state index in [0.717, 1.165) is 48.2 Å². The van der Waals surface area contributed by atoms with E-state index in [-0.39, 0.29) is 41.6 Å². The second-order valence-electron chi connectivity index (χ2n) is 15.5. The average molecular weight is 975 g/mol. The molecule has 2 amide bonds. The number of hydrogen-bond donors (Lipinski definition) is 6. The molecule has 0 spiro atoms. The smallest absolute Gasteiger partial charge is 0.274 e. The fourth-order valence-corrected chi connectivity index (χ4v) is 9.75. The predicted octanol–water partition coefficient (Wildman–Crippen LogP) is 1.47. The number of aromatic nitrogens is 4. The van der Waals surface area contributed by atoms with Crippen LogP contribution in [0.2, 0.25) is 0 Å². The highest BCUT2D eigenvalue weighted by molar-refractivity contribution is 8.13. The van der Waals surface area contributed by atoms with E-state index in [9.17, 15) is 57.9 Å². The maximum Gasteiger partial charge on any atom is 0.274 e. The molecule has 3 heterocycles. The van der Waals surface area contributed by atoms with E-state index in [1.165, 1.54) is 65.2 Å². The highest BCUT2D eigenvalue weighted by Crippen LogP contribution is 2.56. The Labute approximate surface area is 369 Å². The van der Waals surface area contributed by atoms with Gasteiger partial charge in [0.1, 0.15) is 36.3 Å². The highest BCUT2D eigenvalue weighted by Gasteiger charge is 2.48. The van der Waals surface area contributed by atoms with Crippen LogP contribution in [0.5, 0.6) is 0 Å². The third-order valence-corrected chi connectivity index (χ3v) is 13.7. The number of amides is 2. The first-order valence-electron chi connectivity index (χ1n) is 20.5. The Balaban J connectivity index is 1.35. The number of thioether (sulfide) groups is 1. The lowest BCUT2D eigenvalue weighted by atomic mass is 9.87. The van der Waals surface area contributed by atoms with Crippen LogP contribution in [-0.4, -0.2) is 108 Å². The normalized spacial score (nSPS) is 21.3. The maximum atomic E-state index is 12.6. The Bertz CT molecular complexity index is 1920. The van der Waals surface area contributed by atoms with Gasteiger partial charge in [0.25, 0.3) is 23.5 Å². The second-order valence-corrected chi connectivity index (χ2v) is 20.8. The van der Waals surface area contributed by atoms with Gasteiger partial charge in [-0.1, -0.05) is 96.7 Å². The van der Waals surface area contributed by atoms with Crippen molar-refractivity contribution in [3.63, 3.8) is 0 Å². The third kappa shape index (κ3) is 19.5. The zero-order chi connectivity index (χ0) is 46.8. The standard InChI is InChI=1S/C35H62N7O17P3S/c1-4-5-6-7-8-9-10-11-12-13-14-15-26(44)63-19-18-37-25(43)16-17-38-33(47)30(46)35(2,3)21-56-62(53,54)59-61(51,52)55-20-24-29(58-60(48,49)50)28(45)34(57-24)42-23-41-27-31(36)39-22-40-32(27)42/h22-24,28-30,34,45-46H,4-21H2,1-3H3,(H,37,43)(H,38,47)(H,51,52)(H,53,54)(H2,36,39,40)(H2,48,49,50)/p-3/t24-,28-,29-,30+,34-/m1/s1. The number of ether oxygens (including phenoxy) is 1. The molecule has 3 rings (SSSR count). The molecule has 63 heavy (non-hydrogen) atoms. The summed E-state index contributed by atoms with van der Waals surface area (Å²) in [6.07, 6.45) is 6.22. The van der Waals surface area contributed by atoms with Crippen LogP contribution in [-0.2, 0) is 50.7 Å². The molecule has 360 valence electrons. The lowest BCUT2D eigenvalue weighted by Crippen LogP contribution is -2.46. The molecule has 0 bridgehead atoms. The minimum absolute atomic E-state index is 0.00273. The summed E-state index contributed by atoms with van der Waals surface area (Å²) < 4.78 is 61.1. The number of unbranched alkanes of at least 4 members (excludes halogenated alkanes) is 10. The first-order chi connectivity index (χ1) is 29.6. The fraction of sp³-hybridized carbons (Fsp3) is 0.771. The summed E-state index contributed by atoms with van der Waals surface area (Å²) in [5, 5.41) is 26.5. The number of carbonyl (C=O) groups is 3. The largest absolute Gasteiger partial charge is 0.756 e. The average Bonchev–Trinajstić information content (AvgIpc) is 3.76. The number of phosphoric ester groups is 3. The van der Waals surface area contributed by atoms with E-state index in [1.807, 2.05) is 0 Å². The number of nitrogen functional groups attached to an aromatic ring is 1. The van der Waals surface area contributed by atoms with Gasteiger partial charge in [-0.05, 0) is 6.42 Å². The Hall–Kier alpha value is -2.44. The number of aliphatic hydroxyl groups is 2. The van der Waals surface area contributed by atoms with Crippen LogP contribution in [0.4, 0.5) is 5.82 Å². The number of anilines is 1. The van der Waals surface area contributed by atoms with Crippen molar-refractivity contribution in [3.8, 4) is 0 Å². The highest BCUT2D eigenvalue weighted by atomic mass is 32.2. The van der Waals surface area contributed by atoms with E-state index < -0.39 is 84.6 Å². The second kappa shape index (κ2) is 26.0. The Kier molecular flexibility index (Phi) is 22.7. The van der Waals surface area contributed by atoms with Gasteiger partial charge in [-0.2, -0.15) is 0 Å². The number of fused-ring (bicyclic) bond motifs is 1. The van der Waals surface area contributed by atoms with Crippen molar-refractivity contribution in [1.82, 2.24) is 30.2 Å². The maximum absolute atomic E-state index is 12.6. The Morgan fingerprint density at radius 1 is 0.937 bits per heavy atom. The summed E-state index contributed by atoms with van der Waals surface area (Å²) >= 11 is 1.14. The van der Waals surface area contributed by atoms with Gasteiger partial charge in [-0.25, -0.2) is 19.3 Å². The molecule has 8 atom stereocenters. The van der Waals surface area contributed by atoms with Crippen molar-refractivity contribution in [2.75, 3.05) is 37.8 Å². The molecule has 7 N–H and O–H groups in total. The number of nitrogens with one attached hydrogen (secondary N) is 2. The van der Waals surface area contributed by atoms with E-state index in [1.54, 1.807) is 0 Å². The van der Waals surface area contributed by atoms with Crippen molar-refractivity contribution in [2.24, 2.45) is 5.41 Å². The summed E-state index contributed by atoms with van der Waals surface area (Å²) in [4.78, 5) is 94.6. The molecule has 2 aromatic heterocycles. The van der Waals surface area contributed by atoms with Crippen molar-refractivity contribution in [1.29, 1.82) is 0 Å². The van der Waals surface area contributed by atoms with Gasteiger partial charge in [0.15, 0.2) is 22.8 Å². The minimum Gasteiger partial charge on any atom is -0.756 e. The molecule has 3 unspecified atom stereocenters. The number of phosphoric acid groups is 3. The molecular weight excluding hydrogens is 915 g/mol. The predicted molar refractivity (Wildman–Crippen MR) is 222 cm³/mol. The minimum atomic E-state index is -5.90. The van der Waals surface area contributed by atoms with E-state index >= 15 is 0 Å². The monoisotopic (exact) mass is 974 g/mol. The Morgan fingerprint density at radius 2 is 1.56 bits per heavy atom. The SMILES string of the molecule is CCCCCCCCCCCCCC(=O)SCCNC(=O)CCNC(=O)[C@H](O)C(C)(C)COP(=O)([O-])OP(=O)([O-])OC[C@H]1O[C@@H](n2cnc3c(N)ncnc32)[C@H](O)[C@@H]1OP(=O)([O-])O. The van der Waals surface area contributed by atoms with Gasteiger partial charge in [-0.15, -0.1) is 0 Å². The third-order valence-electron chi connectivity index (χ3n) is 9.73. The van der Waals surface area contributed by atoms with Crippen LogP contribution >= 0.6 is 35.2 Å². The van der Waals surface area contributed by atoms with Gasteiger partial charge in [-0.3, -0.25) is 32.6 Å². The van der Waals surface area contributed by atoms with E-state index in [0.29, 0.717) is 12.2 Å². The van der Waals surface area contributed by atoms with Crippen LogP contribution in [0.3, 0.4) is 0 Å². The van der Waals surface area contributed by atoms with Crippen LogP contribution < -0.4 is 31.0 Å². The molecule has 28 heteroatoms. The van der Waals surface area contributed by atoms with Gasteiger partial charge in [0, 0.05) is 37.1 Å². The van der Waals surface area contributed by atoms with Crippen LogP contribution in [0.1, 0.15) is 110 Å². The van der Waals surface area contributed by atoms with Crippen molar-refractivity contribution in [3.05, 3.63) is 12.7 Å². The molecule has 1 aliphatic heterocycles. The lowest BCUT2D eigenvalue weighted by Gasteiger charge is -2.35. The Morgan fingerprint density at radius 3 is 2.19 bits per heavy atom. The summed E-state index contributed by atoms with van der Waals surface area (Å²) in [6, 6.07) is 0. The summed E-state index contributed by atoms with van der Waals surface area (Å²) in [5.74, 6) is -1.11. The van der Waals surface area contributed by atoms with Crippen molar-refractivity contribution in [2.45, 2.75) is 135 Å². The number of hydrogen-bond acceptors (Lipinski definition) is 21. The van der Waals surface area contributed by atoms with E-state index in [4.69, 9.17) is 10.5 Å². The van der Waals surface area contributed by atoms with Crippen molar-refractivity contribution < 1.29 is 80.5 Å². The molecular formula is C35H59N7O17P3S-3. The van der Waals surface area contributed by atoms with Gasteiger partial charge in [0.05, 0.1) is 19.5 Å². The summed E-state index contributed by atoms with van der Waals surface area (Å²) in [5.41, 5.74) is 4.13. The first kappa shape index (κ1) is 54.9. The number of nitrogens with zero attached hydrogens (tertiary/aromatic N) is 4. The van der Waals surface area contributed by atoms with E-state index in [2.05, 4.69) is 50.4 Å². The van der Waals surface area contributed by atoms with Gasteiger partial charge >= 0.3 is 0 Å². The molecule has 0 saturated carbocycles. The molecule has 1 aliphatic rings. The number of rotatable bonds is 31. The molecule has 0 radical (unpaired) electrons. The number of imidazole rings is 1. The molecule has 0 aliphatic carbocycles. The lowest BCUT2D eigenvalue weighted by molar-refractivity contribution is -0.247. The fourth-order valence-electron chi connectivity index (χ4n) is 6.28.